The number of guanidine groups is 1. The van der Waals surface area contributed by atoms with Gasteiger partial charge in [0.25, 0.3) is 0 Å². The van der Waals surface area contributed by atoms with Crippen molar-refractivity contribution in [3.8, 4) is 5.75 Å². The molecule has 2 N–H and O–H groups in total. The molecule has 0 spiro atoms. The molecule has 0 atom stereocenters. The summed E-state index contributed by atoms with van der Waals surface area (Å²) < 4.78 is 11.1. The summed E-state index contributed by atoms with van der Waals surface area (Å²) in [4.78, 5) is 4.24. The second-order valence-electron chi connectivity index (χ2n) is 5.83. The van der Waals surface area contributed by atoms with Crippen LogP contribution in [-0.4, -0.2) is 39.4 Å². The number of nitrogens with one attached hydrogen (secondary N) is 2. The van der Waals surface area contributed by atoms with Gasteiger partial charge in [0.15, 0.2) is 5.96 Å². The number of hydrogen-bond acceptors (Lipinski definition) is 3. The predicted molar refractivity (Wildman–Crippen MR) is 94.0 cm³/mol. The summed E-state index contributed by atoms with van der Waals surface area (Å²) in [6, 6.07) is 8.03. The zero-order valence-electron chi connectivity index (χ0n) is 14.3. The molecule has 5 heteroatoms. The highest BCUT2D eigenvalue weighted by molar-refractivity contribution is 5.79. The van der Waals surface area contributed by atoms with E-state index in [2.05, 4.69) is 21.7 Å². The molecule has 5 nitrogen and oxygen atoms in total. The van der Waals surface area contributed by atoms with E-state index in [1.165, 1.54) is 25.7 Å². The monoisotopic (exact) mass is 319 g/mol. The third-order valence-electron chi connectivity index (χ3n) is 4.09. The summed E-state index contributed by atoms with van der Waals surface area (Å²) in [6.07, 6.45) is 6.61. The van der Waals surface area contributed by atoms with Gasteiger partial charge in [-0.2, -0.15) is 0 Å². The number of aliphatic imine (C=N–C) groups is 1. The van der Waals surface area contributed by atoms with Gasteiger partial charge in [0.05, 0.1) is 13.2 Å². The maximum Gasteiger partial charge on any atom is 0.191 e. The van der Waals surface area contributed by atoms with E-state index < -0.39 is 0 Å². The third kappa shape index (κ3) is 6.48. The number of hydrogen-bond donors (Lipinski definition) is 2. The van der Waals surface area contributed by atoms with Crippen LogP contribution in [0.4, 0.5) is 0 Å². The van der Waals surface area contributed by atoms with Crippen molar-refractivity contribution in [2.24, 2.45) is 4.99 Å². The first-order chi connectivity index (χ1) is 11.3. The number of rotatable bonds is 8. The molecule has 0 aromatic heterocycles. The average molecular weight is 319 g/mol. The van der Waals surface area contributed by atoms with Gasteiger partial charge in [-0.1, -0.05) is 25.0 Å². The molecule has 128 valence electrons. The van der Waals surface area contributed by atoms with Crippen molar-refractivity contribution in [3.63, 3.8) is 0 Å². The van der Waals surface area contributed by atoms with Crippen LogP contribution in [0.25, 0.3) is 0 Å². The molecule has 1 aromatic rings. The first-order valence-corrected chi connectivity index (χ1v) is 8.51. The summed E-state index contributed by atoms with van der Waals surface area (Å²) in [6.45, 7) is 2.41. The lowest BCUT2D eigenvalue weighted by molar-refractivity contribution is 0.0574. The second kappa shape index (κ2) is 10.1. The van der Waals surface area contributed by atoms with Crippen LogP contribution in [0.1, 0.15) is 37.7 Å². The second-order valence-corrected chi connectivity index (χ2v) is 5.83. The van der Waals surface area contributed by atoms with Gasteiger partial charge in [-0.05, 0) is 37.0 Å². The fraction of sp³-hybridized carbons (Fsp3) is 0.611. The molecule has 0 saturated heterocycles. The molecule has 1 fully saturated rings. The Morgan fingerprint density at radius 3 is 2.83 bits per heavy atom. The lowest BCUT2D eigenvalue weighted by atomic mass is 10.2. The number of methoxy groups -OCH3 is 1. The Morgan fingerprint density at radius 2 is 2.09 bits per heavy atom. The van der Waals surface area contributed by atoms with Gasteiger partial charge < -0.3 is 20.1 Å². The molecular weight excluding hydrogens is 290 g/mol. The van der Waals surface area contributed by atoms with Crippen molar-refractivity contribution >= 4 is 5.96 Å². The summed E-state index contributed by atoms with van der Waals surface area (Å²) in [5.41, 5.74) is 1.16. The van der Waals surface area contributed by atoms with Crippen molar-refractivity contribution in [2.45, 2.75) is 44.8 Å². The maximum atomic E-state index is 5.86. The van der Waals surface area contributed by atoms with E-state index in [1.54, 1.807) is 14.2 Å². The van der Waals surface area contributed by atoms with Gasteiger partial charge in [0.2, 0.25) is 0 Å². The summed E-state index contributed by atoms with van der Waals surface area (Å²) in [7, 11) is 3.47. The summed E-state index contributed by atoms with van der Waals surface area (Å²) >= 11 is 0. The first-order valence-electron chi connectivity index (χ1n) is 8.51. The molecule has 1 aliphatic rings. The van der Waals surface area contributed by atoms with Crippen LogP contribution >= 0.6 is 0 Å². The topological polar surface area (TPSA) is 54.9 Å². The SMILES string of the molecule is CN=C(NCCCOC1CCCC1)NCc1cccc(OC)c1. The van der Waals surface area contributed by atoms with E-state index in [4.69, 9.17) is 9.47 Å². The Bertz CT molecular complexity index is 485. The van der Waals surface area contributed by atoms with E-state index in [1.807, 2.05) is 18.2 Å². The fourth-order valence-corrected chi connectivity index (χ4v) is 2.77. The molecule has 0 aliphatic heterocycles. The average Bonchev–Trinajstić information content (AvgIpc) is 3.11. The minimum absolute atomic E-state index is 0.500. The fourth-order valence-electron chi connectivity index (χ4n) is 2.77. The largest absolute Gasteiger partial charge is 0.497 e. The molecule has 23 heavy (non-hydrogen) atoms. The quantitative estimate of drug-likeness (QED) is 0.439. The molecule has 1 aliphatic carbocycles. The van der Waals surface area contributed by atoms with Gasteiger partial charge in [0.1, 0.15) is 5.75 Å². The normalized spacial score (nSPS) is 15.7. The molecular formula is C18H29N3O2. The Hall–Kier alpha value is -1.75. The first kappa shape index (κ1) is 17.6. The Labute approximate surface area is 139 Å². The van der Waals surface area contributed by atoms with Gasteiger partial charge in [0, 0.05) is 26.7 Å². The van der Waals surface area contributed by atoms with Gasteiger partial charge >= 0.3 is 0 Å². The molecule has 0 amide bonds. The smallest absolute Gasteiger partial charge is 0.191 e. The van der Waals surface area contributed by atoms with E-state index >= 15 is 0 Å². The minimum atomic E-state index is 0.500. The highest BCUT2D eigenvalue weighted by atomic mass is 16.5. The Morgan fingerprint density at radius 1 is 1.26 bits per heavy atom. The van der Waals surface area contributed by atoms with Crippen LogP contribution in [0.3, 0.4) is 0 Å². The van der Waals surface area contributed by atoms with Gasteiger partial charge in [-0.3, -0.25) is 4.99 Å². The lowest BCUT2D eigenvalue weighted by Crippen LogP contribution is -2.37. The zero-order chi connectivity index (χ0) is 16.3. The van der Waals surface area contributed by atoms with Crippen molar-refractivity contribution in [1.29, 1.82) is 0 Å². The van der Waals surface area contributed by atoms with Crippen LogP contribution < -0.4 is 15.4 Å². The van der Waals surface area contributed by atoms with Crippen LogP contribution in [0.15, 0.2) is 29.3 Å². The highest BCUT2D eigenvalue weighted by Gasteiger charge is 2.14. The summed E-state index contributed by atoms with van der Waals surface area (Å²) in [5, 5.41) is 6.63. The number of benzene rings is 1. The van der Waals surface area contributed by atoms with Crippen molar-refractivity contribution in [3.05, 3.63) is 29.8 Å². The van der Waals surface area contributed by atoms with Crippen LogP contribution in [0, 0.1) is 0 Å². The predicted octanol–water partition coefficient (Wildman–Crippen LogP) is 2.71. The van der Waals surface area contributed by atoms with E-state index in [-0.39, 0.29) is 0 Å². The number of nitrogens with zero attached hydrogens (tertiary/aromatic N) is 1. The van der Waals surface area contributed by atoms with E-state index in [9.17, 15) is 0 Å². The third-order valence-corrected chi connectivity index (χ3v) is 4.09. The van der Waals surface area contributed by atoms with E-state index in [0.29, 0.717) is 6.10 Å². The molecule has 1 saturated carbocycles. The minimum Gasteiger partial charge on any atom is -0.497 e. The lowest BCUT2D eigenvalue weighted by Gasteiger charge is -2.14. The van der Waals surface area contributed by atoms with Crippen LogP contribution in [-0.2, 0) is 11.3 Å². The van der Waals surface area contributed by atoms with Gasteiger partial charge in [-0.25, -0.2) is 0 Å². The van der Waals surface area contributed by atoms with Crippen molar-refractivity contribution in [2.75, 3.05) is 27.3 Å². The Kier molecular flexibility index (Phi) is 7.73. The molecule has 1 aromatic carbocycles. The van der Waals surface area contributed by atoms with Crippen LogP contribution in [0.2, 0.25) is 0 Å². The standard InChI is InChI=1S/C18H29N3O2/c1-19-18(20-11-6-12-23-16-8-3-4-9-16)21-14-15-7-5-10-17(13-15)22-2/h5,7,10,13,16H,3-4,6,8-9,11-12,14H2,1-2H3,(H2,19,20,21). The molecule has 2 rings (SSSR count). The van der Waals surface area contributed by atoms with Crippen molar-refractivity contribution < 1.29 is 9.47 Å². The molecule has 0 heterocycles. The maximum absolute atomic E-state index is 5.86. The molecule has 0 bridgehead atoms. The van der Waals surface area contributed by atoms with Crippen LogP contribution in [0.5, 0.6) is 5.75 Å². The molecule has 0 unspecified atom stereocenters. The zero-order valence-corrected chi connectivity index (χ0v) is 14.3. The Balaban J connectivity index is 1.61. The number of ether oxygens (including phenoxy) is 2. The van der Waals surface area contributed by atoms with Gasteiger partial charge in [-0.15, -0.1) is 0 Å². The molecule has 0 radical (unpaired) electrons. The van der Waals surface area contributed by atoms with Crippen molar-refractivity contribution in [1.82, 2.24) is 10.6 Å². The van der Waals surface area contributed by atoms with E-state index in [0.717, 1.165) is 43.4 Å². The highest BCUT2D eigenvalue weighted by Crippen LogP contribution is 2.20. The summed E-state index contributed by atoms with van der Waals surface area (Å²) in [5.74, 6) is 1.69.